The number of likely N-dealkylation sites (N-methyl/N-ethyl adjacent to an activating group) is 1. The lowest BCUT2D eigenvalue weighted by atomic mass is 9.81. The number of imide groups is 1. The Bertz CT molecular complexity index is 1340. The summed E-state index contributed by atoms with van der Waals surface area (Å²) in [6.07, 6.45) is 5.61. The van der Waals surface area contributed by atoms with Crippen molar-refractivity contribution in [1.82, 2.24) is 24.8 Å². The highest BCUT2D eigenvalue weighted by Crippen LogP contribution is 2.34. The van der Waals surface area contributed by atoms with Gasteiger partial charge in [-0.1, -0.05) is 30.7 Å². The molecule has 1 aliphatic rings. The van der Waals surface area contributed by atoms with Crippen LogP contribution in [0.2, 0.25) is 5.02 Å². The van der Waals surface area contributed by atoms with Gasteiger partial charge in [0, 0.05) is 37.7 Å². The molecule has 1 aromatic carbocycles. The van der Waals surface area contributed by atoms with E-state index in [1.54, 1.807) is 49.4 Å². The van der Waals surface area contributed by atoms with E-state index in [0.717, 1.165) is 21.6 Å². The van der Waals surface area contributed by atoms with Gasteiger partial charge in [-0.2, -0.15) is 0 Å². The number of aromatic nitrogens is 3. The lowest BCUT2D eigenvalue weighted by Gasteiger charge is -2.45. The van der Waals surface area contributed by atoms with Gasteiger partial charge in [-0.3, -0.25) is 19.4 Å². The SMILES string of the molecule is CC[C@@H](NC(=O)N1C(=O)[C@H](Cc2ccnc(N)c2)[C@H]1C(=O)N(C)c1nccn1C)c1ccc(C)cc1Cl. The molecule has 194 valence electrons. The molecule has 0 radical (unpaired) electrons. The number of pyridine rings is 1. The van der Waals surface area contributed by atoms with Gasteiger partial charge in [-0.25, -0.2) is 14.8 Å². The van der Waals surface area contributed by atoms with Gasteiger partial charge in [0.1, 0.15) is 11.9 Å². The van der Waals surface area contributed by atoms with E-state index in [9.17, 15) is 14.4 Å². The number of carbonyl (C=O) groups excluding carboxylic acids is 3. The molecule has 37 heavy (non-hydrogen) atoms. The Kier molecular flexibility index (Phi) is 7.49. The average molecular weight is 524 g/mol. The molecule has 3 atom stereocenters. The molecule has 1 aliphatic heterocycles. The third kappa shape index (κ3) is 5.15. The molecule has 3 aromatic rings. The van der Waals surface area contributed by atoms with Crippen LogP contribution in [0.5, 0.6) is 0 Å². The molecular weight excluding hydrogens is 494 g/mol. The van der Waals surface area contributed by atoms with Crippen molar-refractivity contribution in [3.8, 4) is 0 Å². The van der Waals surface area contributed by atoms with Crippen molar-refractivity contribution >= 4 is 41.2 Å². The second kappa shape index (κ2) is 10.6. The number of halogens is 1. The lowest BCUT2D eigenvalue weighted by Crippen LogP contribution is -2.70. The maximum absolute atomic E-state index is 13.7. The lowest BCUT2D eigenvalue weighted by molar-refractivity contribution is -0.156. The van der Waals surface area contributed by atoms with E-state index >= 15 is 0 Å². The summed E-state index contributed by atoms with van der Waals surface area (Å²) in [5.74, 6) is -0.894. The van der Waals surface area contributed by atoms with Crippen LogP contribution in [0.4, 0.5) is 16.6 Å². The quantitative estimate of drug-likeness (QED) is 0.458. The van der Waals surface area contributed by atoms with Gasteiger partial charge in [0.2, 0.25) is 11.9 Å². The Hall–Kier alpha value is -3.92. The van der Waals surface area contributed by atoms with E-state index in [0.29, 0.717) is 23.2 Å². The molecule has 10 nitrogen and oxygen atoms in total. The fourth-order valence-corrected chi connectivity index (χ4v) is 5.01. The first kappa shape index (κ1) is 26.2. The number of nitrogen functional groups attached to an aromatic ring is 1. The number of likely N-dealkylation sites (tertiary alicyclic amines) is 1. The summed E-state index contributed by atoms with van der Waals surface area (Å²) in [6, 6.07) is 6.89. The molecule has 1 saturated heterocycles. The predicted octanol–water partition coefficient (Wildman–Crippen LogP) is 3.25. The normalized spacial score (nSPS) is 17.8. The first-order valence-electron chi connectivity index (χ1n) is 12.0. The average Bonchev–Trinajstić information content (AvgIpc) is 3.29. The summed E-state index contributed by atoms with van der Waals surface area (Å²) >= 11 is 6.44. The zero-order valence-corrected chi connectivity index (χ0v) is 21.9. The van der Waals surface area contributed by atoms with Crippen molar-refractivity contribution in [3.05, 3.63) is 70.6 Å². The third-order valence-corrected chi connectivity index (χ3v) is 6.98. The summed E-state index contributed by atoms with van der Waals surface area (Å²) in [6.45, 7) is 3.84. The van der Waals surface area contributed by atoms with E-state index in [1.807, 2.05) is 32.0 Å². The minimum Gasteiger partial charge on any atom is -0.384 e. The number of rotatable bonds is 7. The summed E-state index contributed by atoms with van der Waals surface area (Å²) < 4.78 is 1.69. The van der Waals surface area contributed by atoms with E-state index < -0.39 is 35.8 Å². The fourth-order valence-electron chi connectivity index (χ4n) is 4.64. The van der Waals surface area contributed by atoms with Crippen molar-refractivity contribution in [3.63, 3.8) is 0 Å². The number of nitrogens with zero attached hydrogens (tertiary/aromatic N) is 5. The van der Waals surface area contributed by atoms with Gasteiger partial charge in [0.15, 0.2) is 0 Å². The predicted molar refractivity (Wildman–Crippen MR) is 141 cm³/mol. The topological polar surface area (TPSA) is 126 Å². The van der Waals surface area contributed by atoms with Crippen LogP contribution in [0.3, 0.4) is 0 Å². The number of hydrogen-bond acceptors (Lipinski definition) is 6. The van der Waals surface area contributed by atoms with E-state index in [2.05, 4.69) is 15.3 Å². The van der Waals surface area contributed by atoms with Crippen LogP contribution in [0, 0.1) is 12.8 Å². The Morgan fingerprint density at radius 1 is 1.22 bits per heavy atom. The van der Waals surface area contributed by atoms with Crippen molar-refractivity contribution in [2.75, 3.05) is 17.7 Å². The molecule has 0 unspecified atom stereocenters. The molecular formula is C26H30ClN7O3. The van der Waals surface area contributed by atoms with E-state index in [-0.39, 0.29) is 6.42 Å². The maximum Gasteiger partial charge on any atom is 0.325 e. The van der Waals surface area contributed by atoms with E-state index in [4.69, 9.17) is 17.3 Å². The summed E-state index contributed by atoms with van der Waals surface area (Å²) in [5, 5.41) is 3.42. The zero-order chi connectivity index (χ0) is 26.9. The van der Waals surface area contributed by atoms with Crippen LogP contribution < -0.4 is 16.0 Å². The molecule has 0 saturated carbocycles. The van der Waals surface area contributed by atoms with Crippen LogP contribution in [0.15, 0.2) is 48.9 Å². The highest BCUT2D eigenvalue weighted by Gasteiger charge is 2.55. The van der Waals surface area contributed by atoms with Crippen LogP contribution in [0.1, 0.15) is 36.1 Å². The van der Waals surface area contributed by atoms with Gasteiger partial charge in [-0.15, -0.1) is 0 Å². The van der Waals surface area contributed by atoms with Crippen molar-refractivity contribution < 1.29 is 14.4 Å². The standard InChI is InChI=1S/C26H30ClN7O3/c1-5-20(17-7-6-15(2)12-19(17)27)31-26(37)34-22(24(36)33(4)25-30-10-11-32(25)3)18(23(34)35)13-16-8-9-29-21(28)14-16/h6-12,14,18,20,22H,5,13H2,1-4H3,(H2,28,29)(H,31,37)/t18-,20-,22+/m1/s1. The van der Waals surface area contributed by atoms with Gasteiger partial charge < -0.3 is 15.6 Å². The third-order valence-electron chi connectivity index (χ3n) is 6.65. The maximum atomic E-state index is 13.7. The molecule has 3 N–H and O–H groups in total. The molecule has 0 bridgehead atoms. The van der Waals surface area contributed by atoms with Gasteiger partial charge in [0.25, 0.3) is 5.91 Å². The van der Waals surface area contributed by atoms with Crippen molar-refractivity contribution in [2.24, 2.45) is 13.0 Å². The minimum atomic E-state index is -1.02. The van der Waals surface area contributed by atoms with Crippen LogP contribution in [0.25, 0.3) is 0 Å². The number of hydrogen-bond donors (Lipinski definition) is 2. The Morgan fingerprint density at radius 3 is 2.59 bits per heavy atom. The van der Waals surface area contributed by atoms with Gasteiger partial charge in [0.05, 0.1) is 12.0 Å². The first-order chi connectivity index (χ1) is 17.6. The number of amides is 4. The second-order valence-corrected chi connectivity index (χ2v) is 9.63. The molecule has 2 aromatic heterocycles. The number of urea groups is 1. The number of benzene rings is 1. The largest absolute Gasteiger partial charge is 0.384 e. The number of anilines is 2. The number of carbonyl (C=O) groups is 3. The minimum absolute atomic E-state index is 0.237. The Labute approximate surface area is 220 Å². The fraction of sp³-hybridized carbons (Fsp3) is 0.346. The van der Waals surface area contributed by atoms with Gasteiger partial charge in [-0.05, 0) is 54.7 Å². The van der Waals surface area contributed by atoms with Crippen LogP contribution >= 0.6 is 11.6 Å². The second-order valence-electron chi connectivity index (χ2n) is 9.22. The molecule has 4 rings (SSSR count). The van der Waals surface area contributed by atoms with Crippen LogP contribution in [-0.2, 0) is 23.1 Å². The highest BCUT2D eigenvalue weighted by molar-refractivity contribution is 6.31. The summed E-state index contributed by atoms with van der Waals surface area (Å²) in [7, 11) is 3.34. The number of β-lactam (4-membered cyclic amide) rings is 1. The molecule has 0 aliphatic carbocycles. The number of imidazole rings is 1. The van der Waals surface area contributed by atoms with Gasteiger partial charge >= 0.3 is 6.03 Å². The van der Waals surface area contributed by atoms with Crippen LogP contribution in [-0.4, -0.2) is 50.4 Å². The molecule has 4 amide bonds. The summed E-state index contributed by atoms with van der Waals surface area (Å²) in [4.78, 5) is 51.0. The highest BCUT2D eigenvalue weighted by atomic mass is 35.5. The van der Waals surface area contributed by atoms with Crippen molar-refractivity contribution in [2.45, 2.75) is 38.8 Å². The molecule has 1 fully saturated rings. The molecule has 11 heteroatoms. The summed E-state index contributed by atoms with van der Waals surface area (Å²) in [5.41, 5.74) is 8.30. The molecule has 0 spiro atoms. The molecule has 3 heterocycles. The number of nitrogens with two attached hydrogens (primary N) is 1. The monoisotopic (exact) mass is 523 g/mol. The number of nitrogens with one attached hydrogen (secondary N) is 1. The van der Waals surface area contributed by atoms with E-state index in [1.165, 1.54) is 4.90 Å². The zero-order valence-electron chi connectivity index (χ0n) is 21.2. The smallest absolute Gasteiger partial charge is 0.325 e. The Morgan fingerprint density at radius 2 is 1.97 bits per heavy atom. The Balaban J connectivity index is 1.61. The van der Waals surface area contributed by atoms with Crippen molar-refractivity contribution in [1.29, 1.82) is 0 Å². The first-order valence-corrected chi connectivity index (χ1v) is 12.3. The number of aryl methyl sites for hydroxylation is 2.